The van der Waals surface area contributed by atoms with Gasteiger partial charge in [-0.1, -0.05) is 38.8 Å². The molecule has 0 saturated carbocycles. The van der Waals surface area contributed by atoms with Crippen LogP contribution in [0.3, 0.4) is 0 Å². The zero-order chi connectivity index (χ0) is 15.9. The molecule has 0 aliphatic heterocycles. The van der Waals surface area contributed by atoms with Crippen LogP contribution in [0.25, 0.3) is 0 Å². The van der Waals surface area contributed by atoms with Gasteiger partial charge in [-0.3, -0.25) is 10.1 Å². The quantitative estimate of drug-likeness (QED) is 0.539. The summed E-state index contributed by atoms with van der Waals surface area (Å²) in [4.78, 5) is 10.5. The van der Waals surface area contributed by atoms with Crippen LogP contribution in [0.1, 0.15) is 58.1 Å². The SMILES string of the molecule is CCCC(NCC(C)(O)CCC)c1cccc([N+](=O)[O-])c1. The van der Waals surface area contributed by atoms with Crippen molar-refractivity contribution < 1.29 is 10.0 Å². The Morgan fingerprint density at radius 3 is 2.67 bits per heavy atom. The molecule has 1 rings (SSSR count). The standard InChI is InChI=1S/C16H26N2O3/c1-4-7-15(17-12-16(3,19)10-5-2)13-8-6-9-14(11-13)18(20)21/h6,8-9,11,15,17,19H,4-5,7,10,12H2,1-3H3. The highest BCUT2D eigenvalue weighted by Gasteiger charge is 2.21. The molecular formula is C16H26N2O3. The number of nitrogens with zero attached hydrogens (tertiary/aromatic N) is 1. The van der Waals surface area contributed by atoms with E-state index in [-0.39, 0.29) is 16.7 Å². The molecule has 118 valence electrons. The van der Waals surface area contributed by atoms with Crippen LogP contribution >= 0.6 is 0 Å². The second-order valence-corrected chi connectivity index (χ2v) is 5.82. The van der Waals surface area contributed by atoms with Gasteiger partial charge in [0.25, 0.3) is 5.69 Å². The first-order valence-corrected chi connectivity index (χ1v) is 7.59. The highest BCUT2D eigenvalue weighted by atomic mass is 16.6. The summed E-state index contributed by atoms with van der Waals surface area (Å²) in [5.41, 5.74) is 0.260. The number of nitro benzene ring substituents is 1. The van der Waals surface area contributed by atoms with Crippen molar-refractivity contribution in [3.05, 3.63) is 39.9 Å². The summed E-state index contributed by atoms with van der Waals surface area (Å²) in [6, 6.07) is 6.75. The lowest BCUT2D eigenvalue weighted by Crippen LogP contribution is -2.39. The van der Waals surface area contributed by atoms with Crippen LogP contribution in [0, 0.1) is 10.1 Å². The maximum Gasteiger partial charge on any atom is 0.269 e. The molecule has 2 atom stereocenters. The molecule has 0 amide bonds. The van der Waals surface area contributed by atoms with E-state index in [2.05, 4.69) is 12.2 Å². The van der Waals surface area contributed by atoms with Crippen molar-refractivity contribution >= 4 is 5.69 Å². The summed E-state index contributed by atoms with van der Waals surface area (Å²) >= 11 is 0. The topological polar surface area (TPSA) is 75.4 Å². The van der Waals surface area contributed by atoms with Gasteiger partial charge in [-0.25, -0.2) is 0 Å². The molecule has 1 aromatic rings. The highest BCUT2D eigenvalue weighted by molar-refractivity contribution is 5.35. The van der Waals surface area contributed by atoms with E-state index in [1.807, 2.05) is 19.9 Å². The first kappa shape index (κ1) is 17.6. The number of nitrogens with one attached hydrogen (secondary N) is 1. The summed E-state index contributed by atoms with van der Waals surface area (Å²) in [7, 11) is 0. The molecule has 0 spiro atoms. The van der Waals surface area contributed by atoms with Crippen LogP contribution in [0.4, 0.5) is 5.69 Å². The average Bonchev–Trinajstić information content (AvgIpc) is 2.43. The fourth-order valence-electron chi connectivity index (χ4n) is 2.50. The van der Waals surface area contributed by atoms with E-state index in [9.17, 15) is 15.2 Å². The Morgan fingerprint density at radius 1 is 1.38 bits per heavy atom. The normalized spacial score (nSPS) is 15.4. The molecule has 0 aliphatic rings. The van der Waals surface area contributed by atoms with Crippen LogP contribution in [-0.4, -0.2) is 22.2 Å². The molecule has 0 bridgehead atoms. The number of non-ortho nitro benzene ring substituents is 1. The van der Waals surface area contributed by atoms with Gasteiger partial charge in [-0.2, -0.15) is 0 Å². The van der Waals surface area contributed by atoms with Crippen molar-refractivity contribution in [2.75, 3.05) is 6.54 Å². The second kappa shape index (κ2) is 8.10. The lowest BCUT2D eigenvalue weighted by atomic mass is 9.97. The smallest absolute Gasteiger partial charge is 0.269 e. The van der Waals surface area contributed by atoms with E-state index in [1.165, 1.54) is 6.07 Å². The molecular weight excluding hydrogens is 268 g/mol. The van der Waals surface area contributed by atoms with Gasteiger partial charge < -0.3 is 10.4 Å². The summed E-state index contributed by atoms with van der Waals surface area (Å²) in [5.74, 6) is 0. The predicted octanol–water partition coefficient (Wildman–Crippen LogP) is 3.58. The van der Waals surface area contributed by atoms with Gasteiger partial charge in [0.05, 0.1) is 10.5 Å². The van der Waals surface area contributed by atoms with Crippen LogP contribution in [0.2, 0.25) is 0 Å². The Balaban J connectivity index is 2.81. The Kier molecular flexibility index (Phi) is 6.78. The summed E-state index contributed by atoms with van der Waals surface area (Å²) in [6.07, 6.45) is 3.50. The average molecular weight is 294 g/mol. The highest BCUT2D eigenvalue weighted by Crippen LogP contribution is 2.23. The van der Waals surface area contributed by atoms with E-state index in [1.54, 1.807) is 12.1 Å². The Morgan fingerprint density at radius 2 is 2.10 bits per heavy atom. The van der Waals surface area contributed by atoms with Gasteiger partial charge in [0.2, 0.25) is 0 Å². The van der Waals surface area contributed by atoms with Crippen LogP contribution in [-0.2, 0) is 0 Å². The van der Waals surface area contributed by atoms with E-state index >= 15 is 0 Å². The third-order valence-corrected chi connectivity index (χ3v) is 3.58. The van der Waals surface area contributed by atoms with Crippen molar-refractivity contribution in [3.8, 4) is 0 Å². The monoisotopic (exact) mass is 294 g/mol. The van der Waals surface area contributed by atoms with E-state index in [4.69, 9.17) is 0 Å². The zero-order valence-electron chi connectivity index (χ0n) is 13.1. The van der Waals surface area contributed by atoms with Crippen molar-refractivity contribution in [2.45, 2.75) is 58.1 Å². The molecule has 0 radical (unpaired) electrons. The van der Waals surface area contributed by atoms with E-state index in [0.717, 1.165) is 31.2 Å². The van der Waals surface area contributed by atoms with Crippen molar-refractivity contribution in [1.29, 1.82) is 0 Å². The van der Waals surface area contributed by atoms with Crippen molar-refractivity contribution in [2.24, 2.45) is 0 Å². The molecule has 2 N–H and O–H groups in total. The zero-order valence-corrected chi connectivity index (χ0v) is 13.1. The summed E-state index contributed by atoms with van der Waals surface area (Å²) in [6.45, 7) is 6.42. The fraction of sp³-hybridized carbons (Fsp3) is 0.625. The minimum Gasteiger partial charge on any atom is -0.389 e. The van der Waals surface area contributed by atoms with Crippen LogP contribution in [0.15, 0.2) is 24.3 Å². The predicted molar refractivity (Wildman–Crippen MR) is 84.3 cm³/mol. The number of nitro groups is 1. The maximum absolute atomic E-state index is 10.9. The van der Waals surface area contributed by atoms with Gasteiger partial charge in [0, 0.05) is 24.7 Å². The minimum absolute atomic E-state index is 0.0261. The van der Waals surface area contributed by atoms with Gasteiger partial charge in [-0.05, 0) is 25.3 Å². The largest absolute Gasteiger partial charge is 0.389 e. The molecule has 5 heteroatoms. The Bertz CT molecular complexity index is 461. The van der Waals surface area contributed by atoms with Gasteiger partial charge >= 0.3 is 0 Å². The number of aliphatic hydroxyl groups is 1. The maximum atomic E-state index is 10.9. The summed E-state index contributed by atoms with van der Waals surface area (Å²) in [5, 5.41) is 24.5. The first-order chi connectivity index (χ1) is 9.89. The number of hydrogen-bond acceptors (Lipinski definition) is 4. The molecule has 0 aromatic heterocycles. The third kappa shape index (κ3) is 5.81. The fourth-order valence-corrected chi connectivity index (χ4v) is 2.50. The molecule has 1 aromatic carbocycles. The molecule has 0 aliphatic carbocycles. The molecule has 21 heavy (non-hydrogen) atoms. The number of benzene rings is 1. The van der Waals surface area contributed by atoms with Crippen molar-refractivity contribution in [1.82, 2.24) is 5.32 Å². The Hall–Kier alpha value is -1.46. The van der Waals surface area contributed by atoms with Gasteiger partial charge in [-0.15, -0.1) is 0 Å². The molecule has 0 saturated heterocycles. The van der Waals surface area contributed by atoms with Crippen LogP contribution in [0.5, 0.6) is 0 Å². The van der Waals surface area contributed by atoms with Gasteiger partial charge in [0.15, 0.2) is 0 Å². The molecule has 0 heterocycles. The number of hydrogen-bond donors (Lipinski definition) is 2. The van der Waals surface area contributed by atoms with Crippen molar-refractivity contribution in [3.63, 3.8) is 0 Å². The minimum atomic E-state index is -0.749. The lowest BCUT2D eigenvalue weighted by molar-refractivity contribution is -0.384. The third-order valence-electron chi connectivity index (χ3n) is 3.58. The second-order valence-electron chi connectivity index (χ2n) is 5.82. The molecule has 0 fully saturated rings. The number of rotatable bonds is 9. The lowest BCUT2D eigenvalue weighted by Gasteiger charge is -2.27. The molecule has 5 nitrogen and oxygen atoms in total. The van der Waals surface area contributed by atoms with Gasteiger partial charge in [0.1, 0.15) is 0 Å². The first-order valence-electron chi connectivity index (χ1n) is 7.59. The van der Waals surface area contributed by atoms with E-state index in [0.29, 0.717) is 6.54 Å². The summed E-state index contributed by atoms with van der Waals surface area (Å²) < 4.78 is 0. The molecule has 2 unspecified atom stereocenters. The Labute approximate surface area is 126 Å². The van der Waals surface area contributed by atoms with E-state index < -0.39 is 5.60 Å². The van der Waals surface area contributed by atoms with Crippen LogP contribution < -0.4 is 5.32 Å².